The maximum Gasteiger partial charge on any atom is 0.191 e. The molecular formula is C21H32IN5OS. The van der Waals surface area contributed by atoms with Gasteiger partial charge in [0.15, 0.2) is 5.96 Å². The summed E-state index contributed by atoms with van der Waals surface area (Å²) in [5.74, 6) is 0.832. The molecule has 0 atom stereocenters. The second kappa shape index (κ2) is 11.8. The number of halogens is 1. The fourth-order valence-corrected chi connectivity index (χ4v) is 3.99. The molecule has 1 saturated heterocycles. The SMILES string of the molecule is CCNC(=NCc1csc(-c2ccccc2)n1)NCC(C)(C)N1CCOCC1.I. The molecule has 29 heavy (non-hydrogen) atoms. The van der Waals surface area contributed by atoms with Gasteiger partial charge in [-0.25, -0.2) is 9.98 Å². The van der Waals surface area contributed by atoms with Crippen LogP contribution in [0.1, 0.15) is 26.5 Å². The van der Waals surface area contributed by atoms with Crippen LogP contribution in [0.4, 0.5) is 0 Å². The predicted molar refractivity (Wildman–Crippen MR) is 132 cm³/mol. The Kier molecular flexibility index (Phi) is 9.81. The first-order chi connectivity index (χ1) is 13.6. The lowest BCUT2D eigenvalue weighted by Crippen LogP contribution is -2.56. The van der Waals surface area contributed by atoms with E-state index in [1.807, 2.05) is 18.2 Å². The predicted octanol–water partition coefficient (Wildman–Crippen LogP) is 3.59. The highest BCUT2D eigenvalue weighted by atomic mass is 127. The fraction of sp³-hybridized carbons (Fsp3) is 0.524. The summed E-state index contributed by atoms with van der Waals surface area (Å²) in [4.78, 5) is 11.9. The summed E-state index contributed by atoms with van der Waals surface area (Å²) < 4.78 is 5.48. The minimum absolute atomic E-state index is 0. The Labute approximate surface area is 195 Å². The lowest BCUT2D eigenvalue weighted by molar-refractivity contribution is -0.00834. The van der Waals surface area contributed by atoms with Crippen LogP contribution in [-0.2, 0) is 11.3 Å². The highest BCUT2D eigenvalue weighted by Gasteiger charge is 2.28. The molecule has 6 nitrogen and oxygen atoms in total. The molecule has 0 spiro atoms. The van der Waals surface area contributed by atoms with Gasteiger partial charge in [-0.15, -0.1) is 35.3 Å². The van der Waals surface area contributed by atoms with Gasteiger partial charge in [-0.05, 0) is 20.8 Å². The van der Waals surface area contributed by atoms with Gasteiger partial charge in [-0.1, -0.05) is 30.3 Å². The highest BCUT2D eigenvalue weighted by Crippen LogP contribution is 2.23. The molecule has 0 bridgehead atoms. The van der Waals surface area contributed by atoms with Gasteiger partial charge in [0.1, 0.15) is 5.01 Å². The van der Waals surface area contributed by atoms with Gasteiger partial charge in [0.05, 0.1) is 25.5 Å². The van der Waals surface area contributed by atoms with Crippen molar-refractivity contribution in [3.8, 4) is 10.6 Å². The van der Waals surface area contributed by atoms with Crippen LogP contribution >= 0.6 is 35.3 Å². The monoisotopic (exact) mass is 529 g/mol. The molecule has 1 aliphatic heterocycles. The van der Waals surface area contributed by atoms with E-state index >= 15 is 0 Å². The second-order valence-corrected chi connectivity index (χ2v) is 8.33. The van der Waals surface area contributed by atoms with Gasteiger partial charge >= 0.3 is 0 Å². The topological polar surface area (TPSA) is 61.8 Å². The molecule has 2 aromatic rings. The van der Waals surface area contributed by atoms with Crippen molar-refractivity contribution in [1.82, 2.24) is 20.5 Å². The molecule has 1 aromatic heterocycles. The molecule has 0 aliphatic carbocycles. The molecular weight excluding hydrogens is 497 g/mol. The van der Waals surface area contributed by atoms with Crippen LogP contribution in [0.25, 0.3) is 10.6 Å². The normalized spacial score (nSPS) is 15.6. The van der Waals surface area contributed by atoms with Gasteiger partial charge in [-0.3, -0.25) is 4.90 Å². The van der Waals surface area contributed by atoms with Crippen LogP contribution in [0.3, 0.4) is 0 Å². The van der Waals surface area contributed by atoms with Crippen molar-refractivity contribution in [1.29, 1.82) is 0 Å². The standard InChI is InChI=1S/C21H31N5OS.HI/c1-4-22-20(24-16-21(2,3)26-10-12-27-13-11-26)23-14-18-15-28-19(25-18)17-8-6-5-7-9-17;/h5-9,15H,4,10-14,16H2,1-3H3,(H2,22,23,24);1H. The van der Waals surface area contributed by atoms with E-state index in [1.54, 1.807) is 11.3 Å². The second-order valence-electron chi connectivity index (χ2n) is 7.47. The van der Waals surface area contributed by atoms with Crippen LogP contribution in [0, 0.1) is 0 Å². The summed E-state index contributed by atoms with van der Waals surface area (Å²) >= 11 is 1.66. The van der Waals surface area contributed by atoms with Gasteiger partial charge in [0.25, 0.3) is 0 Å². The number of ether oxygens (including phenoxy) is 1. The number of aromatic nitrogens is 1. The van der Waals surface area contributed by atoms with Gasteiger partial charge in [0, 0.05) is 42.7 Å². The number of rotatable bonds is 7. The number of guanidine groups is 1. The highest BCUT2D eigenvalue weighted by molar-refractivity contribution is 14.0. The summed E-state index contributed by atoms with van der Waals surface area (Å²) in [6.45, 7) is 12.4. The quantitative estimate of drug-likeness (QED) is 0.326. The Bertz CT molecular complexity index is 759. The summed E-state index contributed by atoms with van der Waals surface area (Å²) in [6, 6.07) is 10.3. The maximum atomic E-state index is 5.48. The minimum atomic E-state index is 0. The third kappa shape index (κ3) is 7.20. The number of morpholine rings is 1. The lowest BCUT2D eigenvalue weighted by atomic mass is 10.0. The van der Waals surface area contributed by atoms with E-state index < -0.39 is 0 Å². The van der Waals surface area contributed by atoms with Crippen LogP contribution in [0.2, 0.25) is 0 Å². The molecule has 2 N–H and O–H groups in total. The average molecular weight is 529 g/mol. The van der Waals surface area contributed by atoms with Gasteiger partial charge in [0.2, 0.25) is 0 Å². The molecule has 0 saturated carbocycles. The average Bonchev–Trinajstić information content (AvgIpc) is 3.20. The van der Waals surface area contributed by atoms with E-state index in [-0.39, 0.29) is 29.5 Å². The van der Waals surface area contributed by atoms with Crippen LogP contribution in [-0.4, -0.2) is 60.8 Å². The first kappa shape index (κ1) is 24.0. The van der Waals surface area contributed by atoms with Crippen molar-refractivity contribution in [3.63, 3.8) is 0 Å². The minimum Gasteiger partial charge on any atom is -0.379 e. The van der Waals surface area contributed by atoms with Crippen molar-refractivity contribution in [2.45, 2.75) is 32.9 Å². The molecule has 160 valence electrons. The van der Waals surface area contributed by atoms with Gasteiger partial charge in [-0.2, -0.15) is 0 Å². The van der Waals surface area contributed by atoms with Crippen LogP contribution < -0.4 is 10.6 Å². The first-order valence-electron chi connectivity index (χ1n) is 9.93. The summed E-state index contributed by atoms with van der Waals surface area (Å²) in [7, 11) is 0. The molecule has 0 unspecified atom stereocenters. The molecule has 1 aliphatic rings. The zero-order valence-corrected chi connectivity index (χ0v) is 20.6. The molecule has 1 aromatic carbocycles. The largest absolute Gasteiger partial charge is 0.379 e. The third-order valence-corrected chi connectivity index (χ3v) is 5.81. The van der Waals surface area contributed by atoms with E-state index in [1.165, 1.54) is 0 Å². The van der Waals surface area contributed by atoms with E-state index in [4.69, 9.17) is 14.7 Å². The van der Waals surface area contributed by atoms with Crippen LogP contribution in [0.15, 0.2) is 40.7 Å². The lowest BCUT2D eigenvalue weighted by Gasteiger charge is -2.41. The van der Waals surface area contributed by atoms with E-state index in [9.17, 15) is 0 Å². The smallest absolute Gasteiger partial charge is 0.191 e. The number of hydrogen-bond donors (Lipinski definition) is 2. The van der Waals surface area contributed by atoms with Crippen molar-refractivity contribution in [2.24, 2.45) is 4.99 Å². The zero-order valence-electron chi connectivity index (χ0n) is 17.5. The first-order valence-corrected chi connectivity index (χ1v) is 10.8. The molecule has 2 heterocycles. The Morgan fingerprint density at radius 3 is 2.62 bits per heavy atom. The van der Waals surface area contributed by atoms with Crippen molar-refractivity contribution in [3.05, 3.63) is 41.4 Å². The number of thiazole rings is 1. The van der Waals surface area contributed by atoms with E-state index in [0.29, 0.717) is 6.54 Å². The van der Waals surface area contributed by atoms with Crippen molar-refractivity contribution >= 4 is 41.3 Å². The maximum absolute atomic E-state index is 5.48. The van der Waals surface area contributed by atoms with Crippen molar-refractivity contribution < 1.29 is 4.74 Å². The molecule has 0 amide bonds. The molecule has 1 fully saturated rings. The third-order valence-electron chi connectivity index (χ3n) is 4.87. The summed E-state index contributed by atoms with van der Waals surface area (Å²) in [5, 5.41) is 9.97. The molecule has 3 rings (SSSR count). The number of aliphatic imine (C=N–C) groups is 1. The summed E-state index contributed by atoms with van der Waals surface area (Å²) in [5.41, 5.74) is 2.19. The summed E-state index contributed by atoms with van der Waals surface area (Å²) in [6.07, 6.45) is 0. The van der Waals surface area contributed by atoms with Gasteiger partial charge < -0.3 is 15.4 Å². The number of hydrogen-bond acceptors (Lipinski definition) is 5. The number of benzene rings is 1. The van der Waals surface area contributed by atoms with E-state index in [2.05, 4.69) is 53.8 Å². The van der Waals surface area contributed by atoms with Crippen LogP contribution in [0.5, 0.6) is 0 Å². The van der Waals surface area contributed by atoms with E-state index in [0.717, 1.165) is 61.6 Å². The fourth-order valence-electron chi connectivity index (χ4n) is 3.18. The zero-order chi connectivity index (χ0) is 19.8. The molecule has 0 radical (unpaired) electrons. The Morgan fingerprint density at radius 1 is 1.21 bits per heavy atom. The Balaban J connectivity index is 0.00000300. The number of nitrogens with one attached hydrogen (secondary N) is 2. The Morgan fingerprint density at radius 2 is 1.93 bits per heavy atom. The van der Waals surface area contributed by atoms with Crippen molar-refractivity contribution in [2.75, 3.05) is 39.4 Å². The number of nitrogens with zero attached hydrogens (tertiary/aromatic N) is 3. The Hall–Kier alpha value is -1.23. The molecule has 8 heteroatoms.